The predicted molar refractivity (Wildman–Crippen MR) is 74.4 cm³/mol. The number of para-hydroxylation sites is 1. The largest absolute Gasteiger partial charge is 0.448 e. The number of benzene rings is 2. The molecule has 0 aliphatic carbocycles. The van der Waals surface area contributed by atoms with Gasteiger partial charge in [0.05, 0.1) is 5.56 Å². The van der Waals surface area contributed by atoms with E-state index in [1.54, 1.807) is 24.3 Å². The van der Waals surface area contributed by atoms with Gasteiger partial charge >= 0.3 is 5.97 Å². The topological polar surface area (TPSA) is 55.4 Å². The van der Waals surface area contributed by atoms with E-state index in [2.05, 4.69) is 5.32 Å². The molecule has 4 heteroatoms. The van der Waals surface area contributed by atoms with Gasteiger partial charge in [-0.15, -0.1) is 0 Å². The molecule has 1 aliphatic rings. The summed E-state index contributed by atoms with van der Waals surface area (Å²) in [5.41, 5.74) is 2.07. The number of carbonyl (C=O) groups excluding carboxylic acids is 2. The molecule has 4 nitrogen and oxygen atoms in total. The van der Waals surface area contributed by atoms with Crippen LogP contribution in [0, 0.1) is 0 Å². The lowest BCUT2D eigenvalue weighted by atomic mass is 9.98. The van der Waals surface area contributed by atoms with Crippen molar-refractivity contribution in [2.24, 2.45) is 0 Å². The van der Waals surface area contributed by atoms with Crippen molar-refractivity contribution in [3.63, 3.8) is 0 Å². The van der Waals surface area contributed by atoms with Gasteiger partial charge in [-0.05, 0) is 23.8 Å². The molecule has 0 bridgehead atoms. The van der Waals surface area contributed by atoms with E-state index in [4.69, 9.17) is 4.74 Å². The minimum absolute atomic E-state index is 0.306. The standard InChI is InChI=1S/C16H13NO3/c18-15(17-12-7-2-1-3-8-12)14-10-11-6-4-5-9-13(11)16(19)20-14/h1-9,14H,10H2,(H,17,18)/t14-/m1/s1. The van der Waals surface area contributed by atoms with Crippen LogP contribution in [0.2, 0.25) is 0 Å². The van der Waals surface area contributed by atoms with E-state index in [1.807, 2.05) is 30.3 Å². The van der Waals surface area contributed by atoms with E-state index >= 15 is 0 Å². The highest BCUT2D eigenvalue weighted by Crippen LogP contribution is 2.21. The van der Waals surface area contributed by atoms with Crippen LogP contribution in [0.3, 0.4) is 0 Å². The van der Waals surface area contributed by atoms with Crippen molar-refractivity contribution >= 4 is 17.6 Å². The number of cyclic esters (lactones) is 1. The SMILES string of the molecule is O=C1O[C@@H](C(=O)Nc2ccccc2)Cc2ccccc21. The fourth-order valence-corrected chi connectivity index (χ4v) is 2.22. The number of nitrogens with one attached hydrogen (secondary N) is 1. The van der Waals surface area contributed by atoms with E-state index in [-0.39, 0.29) is 5.91 Å². The maximum atomic E-state index is 12.1. The van der Waals surface area contributed by atoms with Gasteiger partial charge in [0.1, 0.15) is 0 Å². The molecule has 3 rings (SSSR count). The van der Waals surface area contributed by atoms with Crippen molar-refractivity contribution in [1.82, 2.24) is 0 Å². The smallest absolute Gasteiger partial charge is 0.339 e. The molecule has 1 atom stereocenters. The van der Waals surface area contributed by atoms with E-state index in [0.29, 0.717) is 17.7 Å². The molecule has 2 aromatic carbocycles. The summed E-state index contributed by atoms with van der Waals surface area (Å²) in [4.78, 5) is 24.0. The average molecular weight is 267 g/mol. The lowest BCUT2D eigenvalue weighted by molar-refractivity contribution is -0.125. The predicted octanol–water partition coefficient (Wildman–Crippen LogP) is 2.41. The van der Waals surface area contributed by atoms with Gasteiger partial charge in [-0.3, -0.25) is 4.79 Å². The molecule has 1 heterocycles. The molecular weight excluding hydrogens is 254 g/mol. The van der Waals surface area contributed by atoms with Gasteiger partial charge in [0.25, 0.3) is 5.91 Å². The van der Waals surface area contributed by atoms with Crippen LogP contribution in [0.25, 0.3) is 0 Å². The summed E-state index contributed by atoms with van der Waals surface area (Å²) < 4.78 is 5.20. The maximum absolute atomic E-state index is 12.1. The monoisotopic (exact) mass is 267 g/mol. The Hall–Kier alpha value is -2.62. The van der Waals surface area contributed by atoms with Gasteiger partial charge in [0.15, 0.2) is 6.10 Å². The van der Waals surface area contributed by atoms with Crippen molar-refractivity contribution in [1.29, 1.82) is 0 Å². The highest BCUT2D eigenvalue weighted by molar-refractivity contribution is 6.00. The van der Waals surface area contributed by atoms with Gasteiger partial charge in [0.2, 0.25) is 0 Å². The number of hydrogen-bond acceptors (Lipinski definition) is 3. The molecule has 1 N–H and O–H groups in total. The Kier molecular flexibility index (Phi) is 3.21. The summed E-state index contributed by atoms with van der Waals surface area (Å²) in [6, 6.07) is 16.3. The third kappa shape index (κ3) is 2.40. The molecule has 0 unspecified atom stereocenters. The second kappa shape index (κ2) is 5.17. The second-order valence-electron chi connectivity index (χ2n) is 4.61. The Labute approximate surface area is 116 Å². The van der Waals surface area contributed by atoms with Crippen molar-refractivity contribution in [3.05, 3.63) is 65.7 Å². The normalized spacial score (nSPS) is 17.0. The molecular formula is C16H13NO3. The summed E-state index contributed by atoms with van der Waals surface area (Å²) in [6.45, 7) is 0. The number of amides is 1. The van der Waals surface area contributed by atoms with Crippen molar-refractivity contribution in [3.8, 4) is 0 Å². The number of carbonyl (C=O) groups is 2. The van der Waals surface area contributed by atoms with E-state index in [1.165, 1.54) is 0 Å². The highest BCUT2D eigenvalue weighted by atomic mass is 16.5. The minimum atomic E-state index is -0.780. The van der Waals surface area contributed by atoms with Gasteiger partial charge in [0, 0.05) is 12.1 Å². The molecule has 0 spiro atoms. The fraction of sp³-hybridized carbons (Fsp3) is 0.125. The maximum Gasteiger partial charge on any atom is 0.339 e. The zero-order chi connectivity index (χ0) is 13.9. The summed E-state index contributed by atoms with van der Waals surface area (Å²) in [5, 5.41) is 2.75. The number of ether oxygens (including phenoxy) is 1. The summed E-state index contributed by atoms with van der Waals surface area (Å²) >= 11 is 0. The first-order valence-electron chi connectivity index (χ1n) is 6.39. The Morgan fingerprint density at radius 2 is 1.75 bits per heavy atom. The zero-order valence-electron chi connectivity index (χ0n) is 10.7. The lowest BCUT2D eigenvalue weighted by Gasteiger charge is -2.23. The van der Waals surface area contributed by atoms with Crippen LogP contribution in [-0.4, -0.2) is 18.0 Å². The van der Waals surface area contributed by atoms with Crippen LogP contribution in [0.4, 0.5) is 5.69 Å². The highest BCUT2D eigenvalue weighted by Gasteiger charge is 2.30. The fourth-order valence-electron chi connectivity index (χ4n) is 2.22. The lowest BCUT2D eigenvalue weighted by Crippen LogP contribution is -2.37. The van der Waals surface area contributed by atoms with Crippen molar-refractivity contribution < 1.29 is 14.3 Å². The molecule has 0 fully saturated rings. The van der Waals surface area contributed by atoms with Gasteiger partial charge in [-0.25, -0.2) is 4.79 Å². The zero-order valence-corrected chi connectivity index (χ0v) is 10.7. The minimum Gasteiger partial charge on any atom is -0.448 e. The van der Waals surface area contributed by atoms with Crippen LogP contribution in [0.1, 0.15) is 15.9 Å². The van der Waals surface area contributed by atoms with Crippen LogP contribution >= 0.6 is 0 Å². The number of anilines is 1. The number of hydrogen-bond donors (Lipinski definition) is 1. The Morgan fingerprint density at radius 1 is 1.05 bits per heavy atom. The summed E-state index contributed by atoms with van der Waals surface area (Å²) in [5.74, 6) is -0.751. The summed E-state index contributed by atoms with van der Waals surface area (Å²) in [7, 11) is 0. The van der Waals surface area contributed by atoms with Crippen LogP contribution in [-0.2, 0) is 16.0 Å². The number of fused-ring (bicyclic) bond motifs is 1. The Bertz CT molecular complexity index is 652. The van der Waals surface area contributed by atoms with E-state index in [9.17, 15) is 9.59 Å². The first-order valence-corrected chi connectivity index (χ1v) is 6.39. The summed E-state index contributed by atoms with van der Waals surface area (Å²) in [6.07, 6.45) is -0.377. The molecule has 0 saturated heterocycles. The van der Waals surface area contributed by atoms with E-state index < -0.39 is 12.1 Å². The molecule has 1 amide bonds. The molecule has 100 valence electrons. The van der Waals surface area contributed by atoms with Gasteiger partial charge < -0.3 is 10.1 Å². The molecule has 1 aliphatic heterocycles. The number of esters is 1. The Balaban J connectivity index is 1.76. The Morgan fingerprint density at radius 3 is 2.55 bits per heavy atom. The average Bonchev–Trinajstić information content (AvgIpc) is 2.48. The molecule has 0 saturated carbocycles. The van der Waals surface area contributed by atoms with Crippen LogP contribution < -0.4 is 5.32 Å². The quantitative estimate of drug-likeness (QED) is 0.850. The van der Waals surface area contributed by atoms with Crippen LogP contribution in [0.15, 0.2) is 54.6 Å². The van der Waals surface area contributed by atoms with Crippen molar-refractivity contribution in [2.75, 3.05) is 5.32 Å². The van der Waals surface area contributed by atoms with Gasteiger partial charge in [-0.1, -0.05) is 36.4 Å². The van der Waals surface area contributed by atoms with Crippen molar-refractivity contribution in [2.45, 2.75) is 12.5 Å². The van der Waals surface area contributed by atoms with E-state index in [0.717, 1.165) is 5.56 Å². The third-order valence-corrected chi connectivity index (χ3v) is 3.23. The molecule has 0 aromatic heterocycles. The first-order chi connectivity index (χ1) is 9.74. The second-order valence-corrected chi connectivity index (χ2v) is 4.61. The third-order valence-electron chi connectivity index (χ3n) is 3.23. The molecule has 2 aromatic rings. The number of rotatable bonds is 2. The van der Waals surface area contributed by atoms with Crippen LogP contribution in [0.5, 0.6) is 0 Å². The van der Waals surface area contributed by atoms with Gasteiger partial charge in [-0.2, -0.15) is 0 Å². The first kappa shape index (κ1) is 12.4. The molecule has 0 radical (unpaired) electrons. The molecule has 20 heavy (non-hydrogen) atoms.